The van der Waals surface area contributed by atoms with Crippen molar-refractivity contribution in [3.8, 4) is 11.4 Å². The molecule has 0 spiro atoms. The third-order valence-electron chi connectivity index (χ3n) is 5.39. The van der Waals surface area contributed by atoms with Crippen LogP contribution in [0.25, 0.3) is 5.69 Å². The highest BCUT2D eigenvalue weighted by Gasteiger charge is 2.30. The molecular formula is C24H25N3O4. The second kappa shape index (κ2) is 9.04. The zero-order valence-corrected chi connectivity index (χ0v) is 17.6. The number of hydrogen-bond donors (Lipinski definition) is 1. The van der Waals surface area contributed by atoms with Gasteiger partial charge >= 0.3 is 5.97 Å². The molecule has 4 rings (SSSR count). The van der Waals surface area contributed by atoms with Crippen molar-refractivity contribution in [2.75, 3.05) is 12.4 Å². The summed E-state index contributed by atoms with van der Waals surface area (Å²) in [7, 11) is 1.58. The summed E-state index contributed by atoms with van der Waals surface area (Å²) >= 11 is 0. The Morgan fingerprint density at radius 1 is 1.10 bits per heavy atom. The van der Waals surface area contributed by atoms with Gasteiger partial charge in [0.1, 0.15) is 5.75 Å². The molecule has 0 saturated carbocycles. The van der Waals surface area contributed by atoms with Crippen LogP contribution in [0.2, 0.25) is 0 Å². The van der Waals surface area contributed by atoms with Gasteiger partial charge in [0.15, 0.2) is 11.8 Å². The van der Waals surface area contributed by atoms with E-state index in [2.05, 4.69) is 10.4 Å². The second-order valence-corrected chi connectivity index (χ2v) is 7.39. The predicted molar refractivity (Wildman–Crippen MR) is 117 cm³/mol. The molecule has 1 aromatic heterocycles. The van der Waals surface area contributed by atoms with Gasteiger partial charge in [0, 0.05) is 16.9 Å². The van der Waals surface area contributed by atoms with Gasteiger partial charge in [0.25, 0.3) is 5.91 Å². The molecule has 0 bridgehead atoms. The van der Waals surface area contributed by atoms with Crippen molar-refractivity contribution in [1.29, 1.82) is 0 Å². The van der Waals surface area contributed by atoms with Gasteiger partial charge in [-0.1, -0.05) is 25.1 Å². The van der Waals surface area contributed by atoms with E-state index < -0.39 is 12.1 Å². The van der Waals surface area contributed by atoms with Gasteiger partial charge in [-0.25, -0.2) is 9.48 Å². The minimum Gasteiger partial charge on any atom is -0.497 e. The lowest BCUT2D eigenvalue weighted by Crippen LogP contribution is -2.32. The molecule has 7 heteroatoms. The Labute approximate surface area is 181 Å². The van der Waals surface area contributed by atoms with E-state index in [4.69, 9.17) is 9.47 Å². The molecule has 160 valence electrons. The third kappa shape index (κ3) is 4.30. The van der Waals surface area contributed by atoms with Crippen molar-refractivity contribution in [1.82, 2.24) is 9.78 Å². The lowest BCUT2D eigenvalue weighted by molar-refractivity contribution is -0.124. The molecule has 3 aromatic rings. The number of carbonyl (C=O) groups excluding carboxylic acids is 2. The predicted octanol–water partition coefficient (Wildman–Crippen LogP) is 3.94. The molecule has 0 aliphatic heterocycles. The molecule has 0 radical (unpaired) electrons. The molecule has 1 amide bonds. The first-order valence-corrected chi connectivity index (χ1v) is 10.4. The maximum atomic E-state index is 13.0. The fourth-order valence-corrected chi connectivity index (χ4v) is 3.79. The molecule has 1 N–H and O–H groups in total. The summed E-state index contributed by atoms with van der Waals surface area (Å²) in [5.74, 6) is -0.246. The van der Waals surface area contributed by atoms with Crippen LogP contribution >= 0.6 is 0 Å². The van der Waals surface area contributed by atoms with Crippen molar-refractivity contribution < 1.29 is 19.1 Å². The third-order valence-corrected chi connectivity index (χ3v) is 5.39. The molecule has 0 fully saturated rings. The van der Waals surface area contributed by atoms with E-state index >= 15 is 0 Å². The summed E-state index contributed by atoms with van der Waals surface area (Å²) in [4.78, 5) is 25.6. The van der Waals surface area contributed by atoms with E-state index in [-0.39, 0.29) is 5.91 Å². The number of anilines is 1. The Hall–Kier alpha value is -3.61. The summed E-state index contributed by atoms with van der Waals surface area (Å²) in [5, 5.41) is 7.34. The zero-order valence-electron chi connectivity index (χ0n) is 17.6. The fourth-order valence-electron chi connectivity index (χ4n) is 3.79. The van der Waals surface area contributed by atoms with Crippen molar-refractivity contribution in [2.45, 2.75) is 38.7 Å². The van der Waals surface area contributed by atoms with Crippen molar-refractivity contribution >= 4 is 17.6 Å². The van der Waals surface area contributed by atoms with Crippen LogP contribution in [0.5, 0.6) is 5.75 Å². The van der Waals surface area contributed by atoms with Gasteiger partial charge < -0.3 is 14.8 Å². The topological polar surface area (TPSA) is 82.5 Å². The van der Waals surface area contributed by atoms with E-state index in [1.807, 2.05) is 35.0 Å². The lowest BCUT2D eigenvalue weighted by atomic mass is 10.2. The molecule has 1 aliphatic rings. The highest BCUT2D eigenvalue weighted by Crippen LogP contribution is 2.28. The second-order valence-electron chi connectivity index (χ2n) is 7.39. The summed E-state index contributed by atoms with van der Waals surface area (Å²) in [6.45, 7) is 1.80. The summed E-state index contributed by atoms with van der Waals surface area (Å²) in [6.07, 6.45) is 2.06. The van der Waals surface area contributed by atoms with E-state index in [1.165, 1.54) is 0 Å². The number of nitrogens with zero attached hydrogens (tertiary/aromatic N) is 2. The number of fused-ring (bicyclic) bond motifs is 1. The molecule has 1 aliphatic carbocycles. The van der Waals surface area contributed by atoms with Gasteiger partial charge in [0.2, 0.25) is 0 Å². The summed E-state index contributed by atoms with van der Waals surface area (Å²) < 4.78 is 12.5. The first kappa shape index (κ1) is 20.7. The number of nitrogens with one attached hydrogen (secondary N) is 1. The van der Waals surface area contributed by atoms with Crippen LogP contribution in [0.15, 0.2) is 54.6 Å². The molecule has 1 atom stereocenters. The van der Waals surface area contributed by atoms with E-state index in [0.29, 0.717) is 23.6 Å². The van der Waals surface area contributed by atoms with Crippen LogP contribution < -0.4 is 10.1 Å². The number of aromatic nitrogens is 2. The molecule has 0 saturated heterocycles. The Morgan fingerprint density at radius 3 is 2.52 bits per heavy atom. The van der Waals surface area contributed by atoms with E-state index in [9.17, 15) is 9.59 Å². The minimum atomic E-state index is -0.909. The van der Waals surface area contributed by atoms with Crippen LogP contribution in [0.3, 0.4) is 0 Å². The average molecular weight is 419 g/mol. The Kier molecular flexibility index (Phi) is 6.02. The van der Waals surface area contributed by atoms with Crippen molar-refractivity contribution in [3.05, 3.63) is 71.5 Å². The number of benzene rings is 2. The largest absolute Gasteiger partial charge is 0.497 e. The number of methoxy groups -OCH3 is 1. The first-order valence-electron chi connectivity index (χ1n) is 10.4. The highest BCUT2D eigenvalue weighted by molar-refractivity contribution is 5.97. The maximum absolute atomic E-state index is 13.0. The number of carbonyl (C=O) groups is 2. The number of hydrogen-bond acceptors (Lipinski definition) is 5. The molecular weight excluding hydrogens is 394 g/mol. The van der Waals surface area contributed by atoms with Crippen LogP contribution in [0, 0.1) is 0 Å². The zero-order chi connectivity index (χ0) is 21.8. The van der Waals surface area contributed by atoms with Crippen molar-refractivity contribution in [3.63, 3.8) is 0 Å². The molecule has 2 aromatic carbocycles. The number of esters is 1. The standard InChI is InChI=1S/C24H25N3O4/c1-3-21(23(28)25-16-12-14-18(30-2)15-13-16)31-24(29)22-19-10-7-11-20(19)27(26-22)17-8-5-4-6-9-17/h4-6,8-9,12-15,21H,3,7,10-11H2,1-2H3,(H,25,28)/t21-/m1/s1. The van der Waals surface area contributed by atoms with Crippen LogP contribution in [0.4, 0.5) is 5.69 Å². The minimum absolute atomic E-state index is 0.298. The van der Waals surface area contributed by atoms with Crippen LogP contribution in [-0.2, 0) is 22.4 Å². The first-order chi connectivity index (χ1) is 15.1. The molecule has 31 heavy (non-hydrogen) atoms. The van der Waals surface area contributed by atoms with E-state index in [0.717, 1.165) is 36.2 Å². The van der Waals surface area contributed by atoms with Crippen LogP contribution in [0.1, 0.15) is 41.5 Å². The van der Waals surface area contributed by atoms with E-state index in [1.54, 1.807) is 38.3 Å². The van der Waals surface area contributed by atoms with Crippen molar-refractivity contribution in [2.24, 2.45) is 0 Å². The SMILES string of the molecule is CC[C@@H](OC(=O)c1nn(-c2ccccc2)c2c1CCC2)C(=O)Nc1ccc(OC)cc1. The molecule has 1 heterocycles. The van der Waals surface area contributed by atoms with Crippen LogP contribution in [-0.4, -0.2) is 34.9 Å². The highest BCUT2D eigenvalue weighted by atomic mass is 16.5. The van der Waals surface area contributed by atoms with Gasteiger partial charge in [-0.2, -0.15) is 5.10 Å². The number of ether oxygens (including phenoxy) is 2. The Bertz CT molecular complexity index is 1070. The smallest absolute Gasteiger partial charge is 0.359 e. The maximum Gasteiger partial charge on any atom is 0.359 e. The lowest BCUT2D eigenvalue weighted by Gasteiger charge is -2.16. The normalized spacial score (nSPS) is 13.4. The number of para-hydroxylation sites is 1. The van der Waals surface area contributed by atoms with Gasteiger partial charge in [-0.05, 0) is 62.1 Å². The average Bonchev–Trinajstić information content (AvgIpc) is 3.41. The molecule has 7 nitrogen and oxygen atoms in total. The monoisotopic (exact) mass is 419 g/mol. The summed E-state index contributed by atoms with van der Waals surface area (Å²) in [5.41, 5.74) is 3.76. The fraction of sp³-hybridized carbons (Fsp3) is 0.292. The Balaban J connectivity index is 1.50. The van der Waals surface area contributed by atoms with Gasteiger partial charge in [-0.3, -0.25) is 4.79 Å². The summed E-state index contributed by atoms with van der Waals surface area (Å²) in [6, 6.07) is 16.7. The molecule has 0 unspecified atom stereocenters. The van der Waals surface area contributed by atoms with Gasteiger partial charge in [0.05, 0.1) is 12.8 Å². The Morgan fingerprint density at radius 2 is 1.84 bits per heavy atom. The quantitative estimate of drug-likeness (QED) is 0.587. The number of rotatable bonds is 7. The number of amides is 1. The van der Waals surface area contributed by atoms with Gasteiger partial charge in [-0.15, -0.1) is 0 Å².